The summed E-state index contributed by atoms with van der Waals surface area (Å²) in [6, 6.07) is 13.8. The molecular formula is C21H23N5O4. The number of aromatic nitrogens is 3. The van der Waals surface area contributed by atoms with Crippen LogP contribution < -0.4 is 10.6 Å². The number of nitrogens with zero attached hydrogens (tertiary/aromatic N) is 3. The van der Waals surface area contributed by atoms with Gasteiger partial charge in [-0.05, 0) is 43.7 Å². The number of nitrogens with one attached hydrogen (secondary N) is 2. The summed E-state index contributed by atoms with van der Waals surface area (Å²) in [5.74, 6) is -1.46. The van der Waals surface area contributed by atoms with Crippen molar-refractivity contribution in [2.75, 3.05) is 13.2 Å². The van der Waals surface area contributed by atoms with Gasteiger partial charge in [0.05, 0.1) is 17.6 Å². The van der Waals surface area contributed by atoms with Crippen LogP contribution in [0.4, 0.5) is 0 Å². The fourth-order valence-corrected chi connectivity index (χ4v) is 2.84. The molecule has 0 aliphatic rings. The van der Waals surface area contributed by atoms with Crippen LogP contribution in [0.5, 0.6) is 0 Å². The Balaban J connectivity index is 1.52. The van der Waals surface area contributed by atoms with Crippen LogP contribution in [-0.2, 0) is 20.9 Å². The number of rotatable bonds is 8. The number of hydrogen-bond donors (Lipinski definition) is 2. The molecule has 0 aliphatic carbocycles. The number of ether oxygens (including phenoxy) is 1. The van der Waals surface area contributed by atoms with Crippen LogP contribution in [0, 0.1) is 0 Å². The fourth-order valence-electron chi connectivity index (χ4n) is 2.84. The summed E-state index contributed by atoms with van der Waals surface area (Å²) in [6.45, 7) is 3.86. The first kappa shape index (κ1) is 21.0. The van der Waals surface area contributed by atoms with Gasteiger partial charge in [0.15, 0.2) is 6.61 Å². The molecule has 1 heterocycles. The molecule has 3 aromatic rings. The molecule has 1 atom stereocenters. The number of amides is 2. The van der Waals surface area contributed by atoms with Crippen LogP contribution >= 0.6 is 0 Å². The predicted octanol–water partition coefficient (Wildman–Crippen LogP) is 1.28. The van der Waals surface area contributed by atoms with Crippen molar-refractivity contribution in [2.24, 2.45) is 0 Å². The molecule has 156 valence electrons. The molecule has 2 N–H and O–H groups in total. The second kappa shape index (κ2) is 9.64. The van der Waals surface area contributed by atoms with E-state index in [4.69, 9.17) is 4.74 Å². The number of carbonyl (C=O) groups excluding carboxylic acids is 3. The highest BCUT2D eigenvalue weighted by Crippen LogP contribution is 2.13. The Bertz CT molecular complexity index is 1040. The Hall–Kier alpha value is -3.75. The van der Waals surface area contributed by atoms with Crippen LogP contribution in [0.2, 0.25) is 0 Å². The third kappa shape index (κ3) is 5.19. The van der Waals surface area contributed by atoms with Crippen LogP contribution in [0.15, 0.2) is 48.5 Å². The molecule has 0 radical (unpaired) electrons. The first-order chi connectivity index (χ1) is 14.5. The predicted molar refractivity (Wildman–Crippen MR) is 110 cm³/mol. The Kier molecular flexibility index (Phi) is 6.74. The van der Waals surface area contributed by atoms with E-state index in [1.165, 1.54) is 0 Å². The van der Waals surface area contributed by atoms with Gasteiger partial charge in [0.1, 0.15) is 11.6 Å². The van der Waals surface area contributed by atoms with Gasteiger partial charge in [-0.2, -0.15) is 0 Å². The van der Waals surface area contributed by atoms with Crippen molar-refractivity contribution >= 4 is 28.8 Å². The van der Waals surface area contributed by atoms with Crippen molar-refractivity contribution in [3.63, 3.8) is 0 Å². The zero-order chi connectivity index (χ0) is 21.5. The topological polar surface area (TPSA) is 115 Å². The number of hydrogen-bond acceptors (Lipinski definition) is 6. The van der Waals surface area contributed by atoms with E-state index in [0.29, 0.717) is 18.7 Å². The van der Waals surface area contributed by atoms with Crippen molar-refractivity contribution in [1.82, 2.24) is 25.6 Å². The highest BCUT2D eigenvalue weighted by molar-refractivity contribution is 5.92. The first-order valence-corrected chi connectivity index (χ1v) is 9.59. The maximum atomic E-state index is 12.2. The lowest BCUT2D eigenvalue weighted by atomic mass is 10.1. The fraction of sp³-hybridized carbons (Fsp3) is 0.286. The van der Waals surface area contributed by atoms with Gasteiger partial charge >= 0.3 is 5.97 Å². The van der Waals surface area contributed by atoms with Crippen molar-refractivity contribution in [3.05, 3.63) is 59.7 Å². The molecule has 2 amide bonds. The molecule has 0 saturated carbocycles. The Morgan fingerprint density at radius 2 is 1.83 bits per heavy atom. The Labute approximate surface area is 173 Å². The third-order valence-electron chi connectivity index (χ3n) is 4.40. The van der Waals surface area contributed by atoms with Crippen molar-refractivity contribution in [3.8, 4) is 0 Å². The molecule has 3 rings (SSSR count). The van der Waals surface area contributed by atoms with Crippen LogP contribution in [-0.4, -0.2) is 52.0 Å². The lowest BCUT2D eigenvalue weighted by Gasteiger charge is -2.13. The van der Waals surface area contributed by atoms with Crippen molar-refractivity contribution in [2.45, 2.75) is 26.4 Å². The molecule has 0 unspecified atom stereocenters. The zero-order valence-corrected chi connectivity index (χ0v) is 16.8. The average Bonchev–Trinajstić information content (AvgIpc) is 3.15. The maximum Gasteiger partial charge on any atom is 0.338 e. The summed E-state index contributed by atoms with van der Waals surface area (Å²) < 4.78 is 6.80. The molecule has 0 bridgehead atoms. The average molecular weight is 409 g/mol. The first-order valence-electron chi connectivity index (χ1n) is 9.59. The second-order valence-electron chi connectivity index (χ2n) is 6.69. The summed E-state index contributed by atoms with van der Waals surface area (Å²) in [5.41, 5.74) is 3.01. The molecule has 9 nitrogen and oxygen atoms in total. The minimum atomic E-state index is -0.705. The monoisotopic (exact) mass is 409 g/mol. The number of benzene rings is 2. The number of para-hydroxylation sites is 1. The van der Waals surface area contributed by atoms with E-state index >= 15 is 0 Å². The number of carbonyl (C=O) groups is 3. The van der Waals surface area contributed by atoms with E-state index in [-0.39, 0.29) is 5.91 Å². The van der Waals surface area contributed by atoms with Gasteiger partial charge in [0.25, 0.3) is 5.91 Å². The highest BCUT2D eigenvalue weighted by atomic mass is 16.5. The van der Waals surface area contributed by atoms with E-state index in [2.05, 4.69) is 20.9 Å². The molecule has 0 fully saturated rings. The lowest BCUT2D eigenvalue weighted by molar-refractivity contribution is -0.130. The van der Waals surface area contributed by atoms with Gasteiger partial charge in [-0.1, -0.05) is 29.5 Å². The van der Waals surface area contributed by atoms with E-state index in [1.807, 2.05) is 24.3 Å². The molecule has 0 aliphatic heterocycles. The SMILES string of the molecule is CCNC(=O)[C@H](C)NC(=O)COC(=O)c1ccc(Cn2nnc3ccccc32)cc1. The van der Waals surface area contributed by atoms with Gasteiger partial charge in [0, 0.05) is 6.54 Å². The summed E-state index contributed by atoms with van der Waals surface area (Å²) in [6.07, 6.45) is 0. The van der Waals surface area contributed by atoms with Gasteiger partial charge < -0.3 is 15.4 Å². The minimum absolute atomic E-state index is 0.298. The number of esters is 1. The largest absolute Gasteiger partial charge is 0.452 e. The lowest BCUT2D eigenvalue weighted by Crippen LogP contribution is -2.46. The van der Waals surface area contributed by atoms with Crippen molar-refractivity contribution in [1.29, 1.82) is 0 Å². The summed E-state index contributed by atoms with van der Waals surface area (Å²) >= 11 is 0. The van der Waals surface area contributed by atoms with Gasteiger partial charge in [-0.15, -0.1) is 5.10 Å². The molecule has 9 heteroatoms. The van der Waals surface area contributed by atoms with Crippen LogP contribution in [0.3, 0.4) is 0 Å². The second-order valence-corrected chi connectivity index (χ2v) is 6.69. The van der Waals surface area contributed by atoms with E-state index in [9.17, 15) is 14.4 Å². The maximum absolute atomic E-state index is 12.2. The molecule has 0 spiro atoms. The van der Waals surface area contributed by atoms with E-state index < -0.39 is 24.5 Å². The third-order valence-corrected chi connectivity index (χ3v) is 4.40. The smallest absolute Gasteiger partial charge is 0.338 e. The van der Waals surface area contributed by atoms with Crippen molar-refractivity contribution < 1.29 is 19.1 Å². The highest BCUT2D eigenvalue weighted by Gasteiger charge is 2.16. The summed E-state index contributed by atoms with van der Waals surface area (Å²) in [4.78, 5) is 35.6. The van der Waals surface area contributed by atoms with Crippen LogP contribution in [0.25, 0.3) is 11.0 Å². The Morgan fingerprint density at radius 1 is 1.10 bits per heavy atom. The quantitative estimate of drug-likeness (QED) is 0.542. The summed E-state index contributed by atoms with van der Waals surface area (Å²) in [7, 11) is 0. The molecular weight excluding hydrogens is 386 g/mol. The zero-order valence-electron chi connectivity index (χ0n) is 16.8. The Morgan fingerprint density at radius 3 is 2.57 bits per heavy atom. The number of likely N-dealkylation sites (N-methyl/N-ethyl adjacent to an activating group) is 1. The molecule has 1 aromatic heterocycles. The minimum Gasteiger partial charge on any atom is -0.452 e. The van der Waals surface area contributed by atoms with E-state index in [0.717, 1.165) is 16.6 Å². The van der Waals surface area contributed by atoms with E-state index in [1.54, 1.807) is 42.8 Å². The van der Waals surface area contributed by atoms with Gasteiger partial charge in [-0.3, -0.25) is 9.59 Å². The summed E-state index contributed by atoms with van der Waals surface area (Å²) in [5, 5.41) is 13.3. The molecule has 2 aromatic carbocycles. The van der Waals surface area contributed by atoms with Gasteiger partial charge in [-0.25, -0.2) is 9.48 Å². The normalized spacial score (nSPS) is 11.7. The molecule has 0 saturated heterocycles. The number of fused-ring (bicyclic) bond motifs is 1. The molecule has 30 heavy (non-hydrogen) atoms. The van der Waals surface area contributed by atoms with Crippen LogP contribution in [0.1, 0.15) is 29.8 Å². The standard InChI is InChI=1S/C21H23N5O4/c1-3-22-20(28)14(2)23-19(27)13-30-21(29)16-10-8-15(9-11-16)12-26-18-7-5-4-6-17(18)24-25-26/h4-11,14H,3,12-13H2,1-2H3,(H,22,28)(H,23,27)/t14-/m0/s1. The van der Waals surface area contributed by atoms with Gasteiger partial charge in [0.2, 0.25) is 5.91 Å².